The highest BCUT2D eigenvalue weighted by Crippen LogP contribution is 2.22. The molecule has 1 amide bonds. The molecule has 0 aliphatic rings. The van der Waals surface area contributed by atoms with Crippen molar-refractivity contribution in [3.8, 4) is 0 Å². The van der Waals surface area contributed by atoms with Crippen LogP contribution in [0.15, 0.2) is 15.4 Å². The Bertz CT molecular complexity index is 625. The average molecular weight is 325 g/mol. The van der Waals surface area contributed by atoms with Crippen LogP contribution in [-0.4, -0.2) is 51.7 Å². The largest absolute Gasteiger partial charge is 0.455 e. The number of alkyl halides is 2. The number of amides is 1. The number of hydrogen-bond donors (Lipinski definition) is 2. The molecule has 0 aromatic carbocycles. The van der Waals surface area contributed by atoms with Gasteiger partial charge in [0.25, 0.3) is 11.8 Å². The van der Waals surface area contributed by atoms with Crippen LogP contribution in [0.3, 0.4) is 0 Å². The Balaban J connectivity index is 2.95. The number of aryl methyl sites for hydroxylation is 1. The summed E-state index contributed by atoms with van der Waals surface area (Å²) < 4.78 is 55.7. The third kappa shape index (κ3) is 3.99. The maximum atomic E-state index is 12.9. The van der Waals surface area contributed by atoms with Gasteiger partial charge in [-0.2, -0.15) is 0 Å². The lowest BCUT2D eigenvalue weighted by molar-refractivity contribution is 0.0115. The molecule has 0 aliphatic carbocycles. The predicted octanol–water partition coefficient (Wildman–Crippen LogP) is 0.162. The van der Waals surface area contributed by atoms with Crippen LogP contribution in [0.2, 0.25) is 0 Å². The molecule has 120 valence electrons. The Morgan fingerprint density at radius 2 is 2.05 bits per heavy atom. The lowest BCUT2D eigenvalue weighted by Crippen LogP contribution is -2.41. The highest BCUT2D eigenvalue weighted by Gasteiger charge is 2.29. The lowest BCUT2D eigenvalue weighted by atomic mass is 10.3. The second kappa shape index (κ2) is 6.08. The molecule has 7 nitrogen and oxygen atoms in total. The van der Waals surface area contributed by atoms with Crippen molar-refractivity contribution in [2.75, 3.05) is 27.2 Å². The summed E-state index contributed by atoms with van der Waals surface area (Å²) in [6, 6.07) is 1.00. The molecule has 21 heavy (non-hydrogen) atoms. The van der Waals surface area contributed by atoms with E-state index in [9.17, 15) is 22.0 Å². The summed E-state index contributed by atoms with van der Waals surface area (Å²) in [5, 5.41) is 1.94. The molecule has 0 saturated carbocycles. The smallest absolute Gasteiger partial charge is 0.287 e. The molecule has 0 saturated heterocycles. The third-order valence-corrected chi connectivity index (χ3v) is 4.58. The first-order chi connectivity index (χ1) is 9.51. The Kier molecular flexibility index (Phi) is 5.07. The number of rotatable bonds is 6. The van der Waals surface area contributed by atoms with Crippen LogP contribution in [0.4, 0.5) is 8.78 Å². The van der Waals surface area contributed by atoms with Gasteiger partial charge in [0, 0.05) is 20.2 Å². The normalized spacial score (nSPS) is 12.7. The second-order valence-electron chi connectivity index (χ2n) is 4.56. The quantitative estimate of drug-likeness (QED) is 0.775. The third-order valence-electron chi connectivity index (χ3n) is 2.66. The number of halogens is 2. The summed E-state index contributed by atoms with van der Waals surface area (Å²) in [6.45, 7) is -0.510. The topological polar surface area (TPSA) is 106 Å². The van der Waals surface area contributed by atoms with Crippen molar-refractivity contribution in [3.63, 3.8) is 0 Å². The van der Waals surface area contributed by atoms with Crippen LogP contribution in [0.5, 0.6) is 0 Å². The number of nitrogens with one attached hydrogen (secondary N) is 1. The number of nitrogens with zero attached hydrogens (tertiary/aromatic N) is 1. The first-order valence-corrected chi connectivity index (χ1v) is 7.34. The Labute approximate surface area is 121 Å². The average Bonchev–Trinajstić information content (AvgIpc) is 2.78. The van der Waals surface area contributed by atoms with E-state index in [1.54, 1.807) is 0 Å². The van der Waals surface area contributed by atoms with Crippen LogP contribution < -0.4 is 11.1 Å². The number of nitrogens with two attached hydrogens (primary N) is 1. The van der Waals surface area contributed by atoms with E-state index in [0.717, 1.165) is 10.4 Å². The van der Waals surface area contributed by atoms with Crippen molar-refractivity contribution in [2.24, 2.45) is 5.73 Å². The zero-order valence-electron chi connectivity index (χ0n) is 11.8. The van der Waals surface area contributed by atoms with Crippen molar-refractivity contribution in [2.45, 2.75) is 17.7 Å². The Morgan fingerprint density at radius 3 is 2.52 bits per heavy atom. The minimum atomic E-state index is -3.78. The van der Waals surface area contributed by atoms with Gasteiger partial charge in [0.15, 0.2) is 5.76 Å². The van der Waals surface area contributed by atoms with E-state index in [-0.39, 0.29) is 16.4 Å². The fourth-order valence-electron chi connectivity index (χ4n) is 1.40. The van der Waals surface area contributed by atoms with Gasteiger partial charge in [0.05, 0.1) is 13.1 Å². The van der Waals surface area contributed by atoms with E-state index in [2.05, 4.69) is 0 Å². The molecule has 1 aromatic rings. The van der Waals surface area contributed by atoms with E-state index in [4.69, 9.17) is 10.2 Å². The van der Waals surface area contributed by atoms with Gasteiger partial charge in [-0.15, -0.1) is 0 Å². The fourth-order valence-corrected chi connectivity index (χ4v) is 2.45. The molecular weight excluding hydrogens is 308 g/mol. The number of furan rings is 1. The highest BCUT2D eigenvalue weighted by atomic mass is 32.2. The molecule has 0 radical (unpaired) electrons. The van der Waals surface area contributed by atoms with E-state index < -0.39 is 34.9 Å². The van der Waals surface area contributed by atoms with Crippen molar-refractivity contribution in [1.82, 2.24) is 9.62 Å². The summed E-state index contributed by atoms with van der Waals surface area (Å²) >= 11 is 0. The van der Waals surface area contributed by atoms with Crippen molar-refractivity contribution >= 4 is 15.9 Å². The van der Waals surface area contributed by atoms with Gasteiger partial charge in [0.2, 0.25) is 10.0 Å². The molecule has 0 spiro atoms. The predicted molar refractivity (Wildman–Crippen MR) is 70.7 cm³/mol. The van der Waals surface area contributed by atoms with Gasteiger partial charge in [-0.3, -0.25) is 4.79 Å². The molecule has 1 rings (SSSR count). The first-order valence-electron chi connectivity index (χ1n) is 5.90. The molecule has 0 unspecified atom stereocenters. The molecule has 0 bridgehead atoms. The molecule has 3 N–H and O–H groups in total. The summed E-state index contributed by atoms with van der Waals surface area (Å²) in [5.74, 6) is -4.54. The maximum absolute atomic E-state index is 12.9. The Hall–Kier alpha value is -1.52. The standard InChI is InChI=1S/C11H17F2N3O4S/c1-7-9(21(18,19)16(2)3)4-8(20-7)10(17)15-6-11(12,13)5-14/h4H,5-6,14H2,1-3H3,(H,15,17). The monoisotopic (exact) mass is 325 g/mol. The van der Waals surface area contributed by atoms with Crippen LogP contribution in [0.25, 0.3) is 0 Å². The van der Waals surface area contributed by atoms with Crippen LogP contribution in [-0.2, 0) is 10.0 Å². The molecule has 1 aromatic heterocycles. The van der Waals surface area contributed by atoms with Crippen molar-refractivity contribution in [3.05, 3.63) is 17.6 Å². The fraction of sp³-hybridized carbons (Fsp3) is 0.545. The Morgan fingerprint density at radius 1 is 1.48 bits per heavy atom. The lowest BCUT2D eigenvalue weighted by Gasteiger charge is -2.13. The van der Waals surface area contributed by atoms with E-state index in [1.807, 2.05) is 5.32 Å². The number of carbonyl (C=O) groups excluding carboxylic acids is 1. The van der Waals surface area contributed by atoms with Gasteiger partial charge in [-0.05, 0) is 6.92 Å². The molecule has 0 fully saturated rings. The van der Waals surface area contributed by atoms with Gasteiger partial charge in [-0.25, -0.2) is 21.5 Å². The summed E-state index contributed by atoms with van der Waals surface area (Å²) in [4.78, 5) is 11.5. The zero-order valence-corrected chi connectivity index (χ0v) is 12.6. The zero-order chi connectivity index (χ0) is 16.4. The molecule has 0 aliphatic heterocycles. The summed E-state index contributed by atoms with van der Waals surface area (Å²) in [6.07, 6.45) is 0. The molecule has 0 atom stereocenters. The van der Waals surface area contributed by atoms with E-state index in [1.165, 1.54) is 21.0 Å². The second-order valence-corrected chi connectivity index (χ2v) is 6.68. The highest BCUT2D eigenvalue weighted by molar-refractivity contribution is 7.89. The SMILES string of the molecule is Cc1oc(C(=O)NCC(F)(F)CN)cc1S(=O)(=O)N(C)C. The van der Waals surface area contributed by atoms with Gasteiger partial charge in [-0.1, -0.05) is 0 Å². The van der Waals surface area contributed by atoms with Crippen LogP contribution >= 0.6 is 0 Å². The summed E-state index contributed by atoms with van der Waals surface area (Å²) in [5.41, 5.74) is 4.84. The van der Waals surface area contributed by atoms with Gasteiger partial charge >= 0.3 is 0 Å². The number of carbonyl (C=O) groups is 1. The van der Waals surface area contributed by atoms with Gasteiger partial charge in [0.1, 0.15) is 10.7 Å². The van der Waals surface area contributed by atoms with Crippen LogP contribution in [0, 0.1) is 6.92 Å². The first kappa shape index (κ1) is 17.5. The maximum Gasteiger partial charge on any atom is 0.287 e. The number of hydrogen-bond acceptors (Lipinski definition) is 5. The summed E-state index contributed by atoms with van der Waals surface area (Å²) in [7, 11) is -1.13. The minimum Gasteiger partial charge on any atom is -0.455 e. The molecule has 1 heterocycles. The van der Waals surface area contributed by atoms with Crippen molar-refractivity contribution < 1.29 is 26.4 Å². The number of sulfonamides is 1. The van der Waals surface area contributed by atoms with Crippen molar-refractivity contribution in [1.29, 1.82) is 0 Å². The minimum absolute atomic E-state index is 0.000523. The van der Waals surface area contributed by atoms with E-state index in [0.29, 0.717) is 0 Å². The van der Waals surface area contributed by atoms with Crippen LogP contribution in [0.1, 0.15) is 16.3 Å². The molecule has 10 heteroatoms. The van der Waals surface area contributed by atoms with E-state index >= 15 is 0 Å². The molecular formula is C11H17F2N3O4S. The van der Waals surface area contributed by atoms with Gasteiger partial charge < -0.3 is 15.5 Å².